The Morgan fingerprint density at radius 1 is 1.25 bits per heavy atom. The Morgan fingerprint density at radius 2 is 2.00 bits per heavy atom. The molecule has 1 aromatic carbocycles. The number of nitrogens with two attached hydrogens (primary N) is 1. The molecule has 2 aliphatic rings. The van der Waals surface area contributed by atoms with Crippen LogP contribution in [0.1, 0.15) is 46.8 Å². The van der Waals surface area contributed by atoms with E-state index in [2.05, 4.69) is 5.32 Å². The van der Waals surface area contributed by atoms with Crippen molar-refractivity contribution in [3.05, 3.63) is 22.8 Å². The van der Waals surface area contributed by atoms with Crippen molar-refractivity contribution in [1.29, 1.82) is 0 Å². The quantitative estimate of drug-likeness (QED) is 0.746. The zero-order valence-corrected chi connectivity index (χ0v) is 15.7. The number of Topliss-reactive ketones (excluding diaryl/α,β-unsaturated/α-hetero) is 1. The summed E-state index contributed by atoms with van der Waals surface area (Å²) in [7, 11) is 3.22. The van der Waals surface area contributed by atoms with Gasteiger partial charge in [-0.25, -0.2) is 0 Å². The average Bonchev–Trinajstić information content (AvgIpc) is 2.82. The molecule has 24 heavy (non-hydrogen) atoms. The summed E-state index contributed by atoms with van der Waals surface area (Å²) < 4.78 is 10.9. The van der Waals surface area contributed by atoms with E-state index in [0.29, 0.717) is 18.0 Å². The minimum atomic E-state index is -0.0124. The van der Waals surface area contributed by atoms with E-state index in [-0.39, 0.29) is 42.6 Å². The molecule has 1 heterocycles. The van der Waals surface area contributed by atoms with E-state index in [1.54, 1.807) is 14.2 Å². The second-order valence-corrected chi connectivity index (χ2v) is 6.00. The number of methoxy groups -OCH3 is 2. The molecular formula is C17H26Cl2N2O3. The SMILES string of the molecule is COc1cc2c3c(c1OC)C(=O)C(CCCCN)C3NCC2.Cl.Cl. The summed E-state index contributed by atoms with van der Waals surface area (Å²) >= 11 is 0. The number of hydrogen-bond donors (Lipinski definition) is 2. The van der Waals surface area contributed by atoms with Gasteiger partial charge in [0.25, 0.3) is 0 Å². The first-order valence-electron chi connectivity index (χ1n) is 7.98. The van der Waals surface area contributed by atoms with Crippen molar-refractivity contribution in [2.24, 2.45) is 11.7 Å². The lowest BCUT2D eigenvalue weighted by molar-refractivity contribution is 0.0902. The smallest absolute Gasteiger partial charge is 0.172 e. The summed E-state index contributed by atoms with van der Waals surface area (Å²) in [6.45, 7) is 1.57. The lowest BCUT2D eigenvalue weighted by atomic mass is 9.89. The van der Waals surface area contributed by atoms with Crippen LogP contribution in [0.15, 0.2) is 6.07 Å². The van der Waals surface area contributed by atoms with E-state index in [9.17, 15) is 4.79 Å². The topological polar surface area (TPSA) is 73.6 Å². The number of carbonyl (C=O) groups excluding carboxylic acids is 1. The van der Waals surface area contributed by atoms with Gasteiger partial charge < -0.3 is 20.5 Å². The van der Waals surface area contributed by atoms with Gasteiger partial charge in [-0.1, -0.05) is 6.42 Å². The normalized spacial score (nSPS) is 20.7. The van der Waals surface area contributed by atoms with Crippen LogP contribution >= 0.6 is 24.8 Å². The number of carbonyl (C=O) groups is 1. The summed E-state index contributed by atoms with van der Waals surface area (Å²) in [5.41, 5.74) is 8.65. The maximum Gasteiger partial charge on any atom is 0.172 e. The first kappa shape index (κ1) is 21.0. The molecule has 0 radical (unpaired) electrons. The molecule has 2 atom stereocenters. The van der Waals surface area contributed by atoms with Gasteiger partial charge in [0.05, 0.1) is 19.8 Å². The fraction of sp³-hybridized carbons (Fsp3) is 0.588. The van der Waals surface area contributed by atoms with Crippen molar-refractivity contribution < 1.29 is 14.3 Å². The van der Waals surface area contributed by atoms with Gasteiger partial charge in [-0.05, 0) is 49.5 Å². The zero-order chi connectivity index (χ0) is 15.7. The lowest BCUT2D eigenvalue weighted by Crippen LogP contribution is -2.33. The highest BCUT2D eigenvalue weighted by Gasteiger charge is 2.44. The average molecular weight is 377 g/mol. The van der Waals surface area contributed by atoms with Gasteiger partial charge in [0, 0.05) is 12.0 Å². The molecule has 1 aromatic rings. The number of rotatable bonds is 6. The van der Waals surface area contributed by atoms with E-state index in [4.69, 9.17) is 15.2 Å². The van der Waals surface area contributed by atoms with Gasteiger partial charge in [0.2, 0.25) is 0 Å². The van der Waals surface area contributed by atoms with Crippen LogP contribution in [0.4, 0.5) is 0 Å². The Morgan fingerprint density at radius 3 is 2.62 bits per heavy atom. The molecular weight excluding hydrogens is 351 g/mol. The second-order valence-electron chi connectivity index (χ2n) is 6.00. The Kier molecular flexibility index (Phi) is 7.80. The van der Waals surface area contributed by atoms with Gasteiger partial charge in [-0.15, -0.1) is 24.8 Å². The maximum absolute atomic E-state index is 13.0. The van der Waals surface area contributed by atoms with Crippen LogP contribution < -0.4 is 20.5 Å². The predicted molar refractivity (Wildman–Crippen MR) is 99.2 cm³/mol. The first-order valence-corrected chi connectivity index (χ1v) is 7.98. The maximum atomic E-state index is 13.0. The Balaban J connectivity index is 0.00000144. The molecule has 3 N–H and O–H groups in total. The summed E-state index contributed by atoms with van der Waals surface area (Å²) in [5.74, 6) is 1.42. The fourth-order valence-corrected chi connectivity index (χ4v) is 3.82. The van der Waals surface area contributed by atoms with Crippen LogP contribution in [0.3, 0.4) is 0 Å². The first-order chi connectivity index (χ1) is 10.7. The number of hydrogen-bond acceptors (Lipinski definition) is 5. The molecule has 2 unspecified atom stereocenters. The highest BCUT2D eigenvalue weighted by Crippen LogP contribution is 2.49. The number of ether oxygens (including phenoxy) is 2. The molecule has 0 bridgehead atoms. The molecule has 0 saturated carbocycles. The molecule has 3 rings (SSSR count). The zero-order valence-electron chi connectivity index (χ0n) is 14.1. The molecule has 136 valence electrons. The van der Waals surface area contributed by atoms with E-state index in [0.717, 1.165) is 43.4 Å². The number of halogens is 2. The molecule has 1 aliphatic heterocycles. The third-order valence-corrected chi connectivity index (χ3v) is 4.82. The molecule has 7 heteroatoms. The number of ketones is 1. The van der Waals surface area contributed by atoms with Crippen molar-refractivity contribution in [2.75, 3.05) is 27.3 Å². The van der Waals surface area contributed by atoms with E-state index < -0.39 is 0 Å². The third kappa shape index (κ3) is 3.36. The van der Waals surface area contributed by atoms with Crippen molar-refractivity contribution >= 4 is 30.6 Å². The summed E-state index contributed by atoms with van der Waals surface area (Å²) in [4.78, 5) is 13.0. The third-order valence-electron chi connectivity index (χ3n) is 4.82. The minimum absolute atomic E-state index is 0. The lowest BCUT2D eigenvalue weighted by Gasteiger charge is -2.27. The van der Waals surface area contributed by atoms with Gasteiger partial charge in [0.1, 0.15) is 0 Å². The van der Waals surface area contributed by atoms with Crippen molar-refractivity contribution in [2.45, 2.75) is 31.7 Å². The second kappa shape index (κ2) is 8.90. The number of benzene rings is 1. The van der Waals surface area contributed by atoms with Crippen molar-refractivity contribution in [1.82, 2.24) is 5.32 Å². The Labute approximate surface area is 155 Å². The Bertz CT molecular complexity index is 596. The molecule has 0 amide bonds. The summed E-state index contributed by atoms with van der Waals surface area (Å²) in [6.07, 6.45) is 3.73. The molecule has 0 spiro atoms. The van der Waals surface area contributed by atoms with Crippen LogP contribution in [0, 0.1) is 5.92 Å². The van der Waals surface area contributed by atoms with Crippen LogP contribution in [-0.4, -0.2) is 33.1 Å². The van der Waals surface area contributed by atoms with Crippen LogP contribution in [0.2, 0.25) is 0 Å². The largest absolute Gasteiger partial charge is 0.493 e. The summed E-state index contributed by atoms with van der Waals surface area (Å²) in [6, 6.07) is 2.14. The van der Waals surface area contributed by atoms with Gasteiger partial charge in [-0.3, -0.25) is 4.79 Å². The van der Waals surface area contributed by atoms with Crippen molar-refractivity contribution in [3.8, 4) is 11.5 Å². The highest BCUT2D eigenvalue weighted by atomic mass is 35.5. The van der Waals surface area contributed by atoms with Gasteiger partial charge >= 0.3 is 0 Å². The van der Waals surface area contributed by atoms with Crippen LogP contribution in [-0.2, 0) is 6.42 Å². The van der Waals surface area contributed by atoms with E-state index in [1.807, 2.05) is 6.07 Å². The fourth-order valence-electron chi connectivity index (χ4n) is 3.82. The monoisotopic (exact) mass is 376 g/mol. The standard InChI is InChI=1S/C17H24N2O3.2ClH/c1-21-12-9-10-6-8-19-15-11(5-3-4-7-18)16(20)14(13(10)15)17(12)22-2;;/h9,11,15,19H,3-8,18H2,1-2H3;2*1H. The van der Waals surface area contributed by atoms with Crippen molar-refractivity contribution in [3.63, 3.8) is 0 Å². The van der Waals surface area contributed by atoms with E-state index >= 15 is 0 Å². The van der Waals surface area contributed by atoms with Gasteiger partial charge in [0.15, 0.2) is 17.3 Å². The molecule has 0 aromatic heterocycles. The molecule has 1 aliphatic carbocycles. The molecule has 5 nitrogen and oxygen atoms in total. The minimum Gasteiger partial charge on any atom is -0.493 e. The number of unbranched alkanes of at least 4 members (excludes halogenated alkanes) is 1. The van der Waals surface area contributed by atoms with Gasteiger partial charge in [-0.2, -0.15) is 0 Å². The molecule has 0 saturated heterocycles. The summed E-state index contributed by atoms with van der Waals surface area (Å²) in [5, 5.41) is 3.52. The highest BCUT2D eigenvalue weighted by molar-refractivity contribution is 6.06. The van der Waals surface area contributed by atoms with E-state index in [1.165, 1.54) is 5.56 Å². The number of nitrogens with one attached hydrogen (secondary N) is 1. The Hall–Kier alpha value is -1.01. The molecule has 0 fully saturated rings. The predicted octanol–water partition coefficient (Wildman–Crippen LogP) is 2.68. The van der Waals surface area contributed by atoms with Crippen LogP contribution in [0.25, 0.3) is 0 Å². The van der Waals surface area contributed by atoms with Crippen LogP contribution in [0.5, 0.6) is 11.5 Å².